The molecule has 0 aliphatic rings. The Bertz CT molecular complexity index is 366. The third-order valence-electron chi connectivity index (χ3n) is 1.75. The molecule has 2 nitrogen and oxygen atoms in total. The Morgan fingerprint density at radius 3 is 2.38 bits per heavy atom. The predicted molar refractivity (Wildman–Crippen MR) is 74.1 cm³/mol. The average Bonchev–Trinajstić information content (AvgIpc) is 2.14. The Kier molecular flexibility index (Phi) is 4.69. The second-order valence-corrected chi connectivity index (χ2v) is 5.97. The zero-order chi connectivity index (χ0) is 12.2. The van der Waals surface area contributed by atoms with Crippen molar-refractivity contribution in [3.8, 4) is 0 Å². The highest BCUT2D eigenvalue weighted by Gasteiger charge is 2.08. The lowest BCUT2D eigenvalue weighted by molar-refractivity contribution is 0.585. The fourth-order valence-corrected chi connectivity index (χ4v) is 2.07. The molecule has 0 aliphatic carbocycles. The van der Waals surface area contributed by atoms with Crippen LogP contribution in [0, 0.1) is 0 Å². The molecule has 0 unspecified atom stereocenters. The lowest BCUT2D eigenvalue weighted by atomic mass is 10.1. The summed E-state index contributed by atoms with van der Waals surface area (Å²) in [5.74, 6) is 0.822. The van der Waals surface area contributed by atoms with Crippen LogP contribution < -0.4 is 5.73 Å². The normalized spacial score (nSPS) is 12.9. The smallest absolute Gasteiger partial charge is 0.154 e. The maximum absolute atomic E-state index is 5.82. The Balaban J connectivity index is 2.52. The van der Waals surface area contributed by atoms with Gasteiger partial charge in [-0.05, 0) is 38.5 Å². The second kappa shape index (κ2) is 5.60. The number of hydrogen-bond donors (Lipinski definition) is 1. The van der Waals surface area contributed by atoms with Crippen molar-refractivity contribution in [3.05, 3.63) is 34.9 Å². The molecule has 0 fully saturated rings. The standard InChI is InChI=1S/C12H17ClN2S/c1-12(2,3)15-11(14)16-8-9-4-6-10(13)7-5-9/h4-7H,8H2,1-3H3,(H2,14,15). The minimum atomic E-state index is -0.114. The van der Waals surface area contributed by atoms with Crippen molar-refractivity contribution in [3.63, 3.8) is 0 Å². The molecule has 0 spiro atoms. The van der Waals surface area contributed by atoms with E-state index in [0.29, 0.717) is 5.17 Å². The molecule has 1 aromatic rings. The van der Waals surface area contributed by atoms with Crippen molar-refractivity contribution in [2.45, 2.75) is 32.1 Å². The molecule has 0 aliphatic heterocycles. The van der Waals surface area contributed by atoms with Gasteiger partial charge in [-0.3, -0.25) is 4.99 Å². The van der Waals surface area contributed by atoms with Gasteiger partial charge in [0.1, 0.15) is 0 Å². The lowest BCUT2D eigenvalue weighted by Gasteiger charge is -2.13. The number of rotatable bonds is 2. The van der Waals surface area contributed by atoms with Gasteiger partial charge in [-0.2, -0.15) is 0 Å². The molecule has 1 rings (SSSR count). The van der Waals surface area contributed by atoms with Crippen molar-refractivity contribution >= 4 is 28.5 Å². The Morgan fingerprint density at radius 2 is 1.88 bits per heavy atom. The number of thioether (sulfide) groups is 1. The van der Waals surface area contributed by atoms with E-state index < -0.39 is 0 Å². The van der Waals surface area contributed by atoms with Gasteiger partial charge in [-0.1, -0.05) is 35.5 Å². The summed E-state index contributed by atoms with van der Waals surface area (Å²) in [7, 11) is 0. The molecule has 2 N–H and O–H groups in total. The van der Waals surface area contributed by atoms with E-state index in [2.05, 4.69) is 4.99 Å². The van der Waals surface area contributed by atoms with Crippen LogP contribution in [0.25, 0.3) is 0 Å². The van der Waals surface area contributed by atoms with Crippen molar-refractivity contribution in [1.29, 1.82) is 0 Å². The zero-order valence-corrected chi connectivity index (χ0v) is 11.4. The molecule has 0 radical (unpaired) electrons. The number of benzene rings is 1. The molecule has 88 valence electrons. The van der Waals surface area contributed by atoms with Gasteiger partial charge in [0, 0.05) is 10.8 Å². The van der Waals surface area contributed by atoms with Gasteiger partial charge in [0.15, 0.2) is 5.17 Å². The SMILES string of the molecule is CC(C)(C)N=C(N)SCc1ccc(Cl)cc1. The lowest BCUT2D eigenvalue weighted by Crippen LogP contribution is -2.17. The number of nitrogens with zero attached hydrogens (tertiary/aromatic N) is 1. The summed E-state index contributed by atoms with van der Waals surface area (Å²) in [6.07, 6.45) is 0. The summed E-state index contributed by atoms with van der Waals surface area (Å²) >= 11 is 7.35. The molecule has 0 atom stereocenters. The molecule has 0 saturated carbocycles. The molecule has 0 saturated heterocycles. The largest absolute Gasteiger partial charge is 0.379 e. The third-order valence-corrected chi connectivity index (χ3v) is 2.86. The highest BCUT2D eigenvalue weighted by molar-refractivity contribution is 8.13. The Hall–Kier alpha value is -0.670. The first-order valence-corrected chi connectivity index (χ1v) is 6.46. The van der Waals surface area contributed by atoms with Crippen LogP contribution in [0.1, 0.15) is 26.3 Å². The average molecular weight is 257 g/mol. The number of nitrogens with two attached hydrogens (primary N) is 1. The van der Waals surface area contributed by atoms with Gasteiger partial charge >= 0.3 is 0 Å². The summed E-state index contributed by atoms with van der Waals surface area (Å²) in [4.78, 5) is 4.37. The summed E-state index contributed by atoms with van der Waals surface area (Å²) in [6, 6.07) is 7.77. The van der Waals surface area contributed by atoms with Crippen LogP contribution >= 0.6 is 23.4 Å². The molecule has 0 aromatic heterocycles. The topological polar surface area (TPSA) is 38.4 Å². The van der Waals surface area contributed by atoms with Crippen molar-refractivity contribution in [1.82, 2.24) is 0 Å². The summed E-state index contributed by atoms with van der Waals surface area (Å²) in [5, 5.41) is 1.38. The molecule has 0 bridgehead atoms. The maximum Gasteiger partial charge on any atom is 0.154 e. The van der Waals surface area contributed by atoms with Crippen molar-refractivity contribution in [2.75, 3.05) is 0 Å². The van der Waals surface area contributed by atoms with E-state index in [4.69, 9.17) is 17.3 Å². The molecule has 0 amide bonds. The van der Waals surface area contributed by atoms with Crippen LogP contribution in [0.3, 0.4) is 0 Å². The van der Waals surface area contributed by atoms with Crippen LogP contribution in [0.15, 0.2) is 29.3 Å². The molecule has 0 heterocycles. The monoisotopic (exact) mass is 256 g/mol. The fraction of sp³-hybridized carbons (Fsp3) is 0.417. The minimum absolute atomic E-state index is 0.114. The Labute approximate surface area is 106 Å². The second-order valence-electron chi connectivity index (χ2n) is 4.54. The van der Waals surface area contributed by atoms with Crippen LogP contribution in [0.5, 0.6) is 0 Å². The first kappa shape index (κ1) is 13.4. The van der Waals surface area contributed by atoms with Gasteiger partial charge in [0.2, 0.25) is 0 Å². The van der Waals surface area contributed by atoms with E-state index in [9.17, 15) is 0 Å². The molecular formula is C12H17ClN2S. The number of halogens is 1. The van der Waals surface area contributed by atoms with E-state index in [1.54, 1.807) is 11.8 Å². The summed E-state index contributed by atoms with van der Waals surface area (Å²) < 4.78 is 0. The molecular weight excluding hydrogens is 240 g/mol. The molecule has 1 aromatic carbocycles. The van der Waals surface area contributed by atoms with E-state index in [-0.39, 0.29) is 5.54 Å². The zero-order valence-electron chi connectivity index (χ0n) is 9.83. The predicted octanol–water partition coefficient (Wildman–Crippen LogP) is 3.69. The highest BCUT2D eigenvalue weighted by atomic mass is 35.5. The van der Waals surface area contributed by atoms with E-state index in [1.165, 1.54) is 5.56 Å². The van der Waals surface area contributed by atoms with E-state index in [1.807, 2.05) is 45.0 Å². The minimum Gasteiger partial charge on any atom is -0.379 e. The highest BCUT2D eigenvalue weighted by Crippen LogP contribution is 2.17. The van der Waals surface area contributed by atoms with Gasteiger partial charge < -0.3 is 5.73 Å². The summed E-state index contributed by atoms with van der Waals surface area (Å²) in [6.45, 7) is 6.09. The first-order chi connectivity index (χ1) is 7.37. The Morgan fingerprint density at radius 1 is 1.31 bits per heavy atom. The van der Waals surface area contributed by atoms with Gasteiger partial charge in [-0.25, -0.2) is 0 Å². The number of aliphatic imine (C=N–C) groups is 1. The quantitative estimate of drug-likeness (QED) is 0.648. The van der Waals surface area contributed by atoms with Crippen molar-refractivity contribution in [2.24, 2.45) is 10.7 Å². The van der Waals surface area contributed by atoms with E-state index >= 15 is 0 Å². The van der Waals surface area contributed by atoms with Crippen LogP contribution in [0.4, 0.5) is 0 Å². The van der Waals surface area contributed by atoms with Crippen molar-refractivity contribution < 1.29 is 0 Å². The third kappa shape index (κ3) is 5.42. The van der Waals surface area contributed by atoms with Crippen LogP contribution in [-0.2, 0) is 5.75 Å². The van der Waals surface area contributed by atoms with E-state index in [0.717, 1.165) is 10.8 Å². The van der Waals surface area contributed by atoms with Gasteiger partial charge in [0.25, 0.3) is 0 Å². The molecule has 16 heavy (non-hydrogen) atoms. The fourth-order valence-electron chi connectivity index (χ4n) is 1.10. The van der Waals surface area contributed by atoms with Gasteiger partial charge in [-0.15, -0.1) is 0 Å². The maximum atomic E-state index is 5.82. The molecule has 4 heteroatoms. The van der Waals surface area contributed by atoms with Gasteiger partial charge in [0.05, 0.1) is 5.54 Å². The van der Waals surface area contributed by atoms with Crippen LogP contribution in [-0.4, -0.2) is 10.7 Å². The first-order valence-electron chi connectivity index (χ1n) is 5.09. The number of amidine groups is 1. The number of hydrogen-bond acceptors (Lipinski definition) is 2. The summed E-state index contributed by atoms with van der Waals surface area (Å²) in [5.41, 5.74) is 6.91. The van der Waals surface area contributed by atoms with Crippen LogP contribution in [0.2, 0.25) is 5.02 Å².